The van der Waals surface area contributed by atoms with Gasteiger partial charge in [0.15, 0.2) is 0 Å². The molecular formula is C11H10F3NO2. The maximum atomic E-state index is 12.5. The lowest BCUT2D eigenvalue weighted by Crippen LogP contribution is -2.60. The van der Waals surface area contributed by atoms with E-state index >= 15 is 0 Å². The first-order chi connectivity index (χ1) is 7.93. The number of benzene rings is 1. The van der Waals surface area contributed by atoms with Crippen LogP contribution in [-0.2, 0) is 4.79 Å². The SMILES string of the molecule is COc1ccc(N2C(=O)C[C@H]2C(F)(F)F)cc1. The quantitative estimate of drug-likeness (QED) is 0.748. The van der Waals surface area contributed by atoms with E-state index in [4.69, 9.17) is 4.74 Å². The number of rotatable bonds is 2. The number of β-lactam (4-membered cyclic amide) rings is 1. The van der Waals surface area contributed by atoms with E-state index in [-0.39, 0.29) is 5.69 Å². The molecule has 1 aromatic rings. The summed E-state index contributed by atoms with van der Waals surface area (Å²) < 4.78 is 42.5. The van der Waals surface area contributed by atoms with Crippen LogP contribution in [0.2, 0.25) is 0 Å². The summed E-state index contributed by atoms with van der Waals surface area (Å²) in [6, 6.07) is 4.22. The molecule has 0 unspecified atom stereocenters. The van der Waals surface area contributed by atoms with Crippen molar-refractivity contribution in [1.29, 1.82) is 0 Å². The highest BCUT2D eigenvalue weighted by atomic mass is 19.4. The molecule has 0 N–H and O–H groups in total. The molecule has 1 fully saturated rings. The highest BCUT2D eigenvalue weighted by molar-refractivity contribution is 6.01. The minimum absolute atomic E-state index is 0.240. The van der Waals surface area contributed by atoms with Crippen molar-refractivity contribution in [2.45, 2.75) is 18.6 Å². The maximum Gasteiger partial charge on any atom is 0.409 e. The smallest absolute Gasteiger partial charge is 0.409 e. The van der Waals surface area contributed by atoms with E-state index in [2.05, 4.69) is 0 Å². The summed E-state index contributed by atoms with van der Waals surface area (Å²) in [7, 11) is 1.46. The van der Waals surface area contributed by atoms with Gasteiger partial charge >= 0.3 is 6.18 Å². The Kier molecular flexibility index (Phi) is 2.73. The number of amides is 1. The van der Waals surface area contributed by atoms with Crippen LogP contribution < -0.4 is 9.64 Å². The predicted molar refractivity (Wildman–Crippen MR) is 54.9 cm³/mol. The topological polar surface area (TPSA) is 29.5 Å². The molecule has 92 valence electrons. The second-order valence-corrected chi connectivity index (χ2v) is 3.72. The average Bonchev–Trinajstić information content (AvgIpc) is 2.25. The Balaban J connectivity index is 2.23. The number of hydrogen-bond donors (Lipinski definition) is 0. The Morgan fingerprint density at radius 1 is 1.29 bits per heavy atom. The van der Waals surface area contributed by atoms with Crippen LogP contribution in [0.5, 0.6) is 5.75 Å². The van der Waals surface area contributed by atoms with Gasteiger partial charge in [-0.1, -0.05) is 0 Å². The maximum absolute atomic E-state index is 12.5. The predicted octanol–water partition coefficient (Wildman–Crippen LogP) is 2.36. The molecule has 3 nitrogen and oxygen atoms in total. The molecule has 17 heavy (non-hydrogen) atoms. The molecule has 1 atom stereocenters. The van der Waals surface area contributed by atoms with Crippen LogP contribution in [0.4, 0.5) is 18.9 Å². The molecule has 1 aliphatic heterocycles. The molecule has 0 aliphatic carbocycles. The van der Waals surface area contributed by atoms with E-state index in [0.717, 1.165) is 4.90 Å². The largest absolute Gasteiger partial charge is 0.497 e. The number of hydrogen-bond acceptors (Lipinski definition) is 2. The fraction of sp³-hybridized carbons (Fsp3) is 0.364. The van der Waals surface area contributed by atoms with Gasteiger partial charge in [0, 0.05) is 5.69 Å². The first kappa shape index (κ1) is 11.8. The number of carbonyl (C=O) groups is 1. The standard InChI is InChI=1S/C11H10F3NO2/c1-17-8-4-2-7(3-5-8)15-9(6-10(15)16)11(12,13)14/h2-5,9H,6H2,1H3/t9-/m0/s1. The minimum atomic E-state index is -4.38. The molecule has 0 radical (unpaired) electrons. The zero-order valence-corrected chi connectivity index (χ0v) is 8.99. The molecule has 1 aromatic carbocycles. The third-order valence-corrected chi connectivity index (χ3v) is 2.68. The Hall–Kier alpha value is -1.72. The first-order valence-electron chi connectivity index (χ1n) is 4.96. The third-order valence-electron chi connectivity index (χ3n) is 2.68. The zero-order valence-electron chi connectivity index (χ0n) is 8.99. The number of ether oxygens (including phenoxy) is 1. The van der Waals surface area contributed by atoms with E-state index in [1.807, 2.05) is 0 Å². The van der Waals surface area contributed by atoms with Crippen LogP contribution in [0.15, 0.2) is 24.3 Å². The molecule has 1 heterocycles. The van der Waals surface area contributed by atoms with E-state index in [0.29, 0.717) is 5.75 Å². The second kappa shape index (κ2) is 3.94. The number of alkyl halides is 3. The van der Waals surface area contributed by atoms with Crippen LogP contribution in [0.1, 0.15) is 6.42 Å². The van der Waals surface area contributed by atoms with Crippen molar-refractivity contribution in [3.8, 4) is 5.75 Å². The summed E-state index contributed by atoms with van der Waals surface area (Å²) in [5.74, 6) is 0.0165. The normalized spacial score (nSPS) is 20.1. The van der Waals surface area contributed by atoms with Crippen molar-refractivity contribution in [1.82, 2.24) is 0 Å². The molecule has 0 bridgehead atoms. The fourth-order valence-electron chi connectivity index (χ4n) is 1.75. The molecule has 1 aliphatic rings. The lowest BCUT2D eigenvalue weighted by Gasteiger charge is -2.41. The Morgan fingerprint density at radius 3 is 2.29 bits per heavy atom. The Morgan fingerprint density at radius 2 is 1.88 bits per heavy atom. The van der Waals surface area contributed by atoms with Gasteiger partial charge in [0.2, 0.25) is 5.91 Å². The summed E-state index contributed by atoms with van der Waals surface area (Å²) in [5.41, 5.74) is 0.240. The molecule has 1 saturated heterocycles. The molecule has 0 aromatic heterocycles. The van der Waals surface area contributed by atoms with Gasteiger partial charge in [-0.05, 0) is 24.3 Å². The molecular weight excluding hydrogens is 235 g/mol. The molecule has 2 rings (SSSR count). The Labute approximate surface area is 95.8 Å². The minimum Gasteiger partial charge on any atom is -0.497 e. The number of halogens is 3. The number of nitrogens with zero attached hydrogens (tertiary/aromatic N) is 1. The summed E-state index contributed by atoms with van der Waals surface area (Å²) in [6.45, 7) is 0. The molecule has 0 saturated carbocycles. The highest BCUT2D eigenvalue weighted by Crippen LogP contribution is 2.38. The number of methoxy groups -OCH3 is 1. The lowest BCUT2D eigenvalue weighted by molar-refractivity contribution is -0.170. The van der Waals surface area contributed by atoms with E-state index in [9.17, 15) is 18.0 Å². The molecule has 1 amide bonds. The lowest BCUT2D eigenvalue weighted by atomic mass is 10.00. The van der Waals surface area contributed by atoms with Gasteiger partial charge in [-0.3, -0.25) is 9.69 Å². The van der Waals surface area contributed by atoms with Crippen LogP contribution in [0, 0.1) is 0 Å². The van der Waals surface area contributed by atoms with E-state index in [1.54, 1.807) is 0 Å². The van der Waals surface area contributed by atoms with Crippen LogP contribution in [-0.4, -0.2) is 25.2 Å². The van der Waals surface area contributed by atoms with Gasteiger partial charge in [-0.2, -0.15) is 13.2 Å². The number of anilines is 1. The average molecular weight is 245 g/mol. The highest BCUT2D eigenvalue weighted by Gasteiger charge is 2.53. The van der Waals surface area contributed by atoms with E-state index in [1.165, 1.54) is 31.4 Å². The van der Waals surface area contributed by atoms with Gasteiger partial charge in [-0.15, -0.1) is 0 Å². The van der Waals surface area contributed by atoms with Gasteiger partial charge in [0.1, 0.15) is 11.8 Å². The van der Waals surface area contributed by atoms with Gasteiger partial charge < -0.3 is 4.74 Å². The van der Waals surface area contributed by atoms with Crippen molar-refractivity contribution in [3.63, 3.8) is 0 Å². The third kappa shape index (κ3) is 2.07. The van der Waals surface area contributed by atoms with Crippen molar-refractivity contribution in [2.75, 3.05) is 12.0 Å². The number of carbonyl (C=O) groups excluding carboxylic acids is 1. The fourth-order valence-corrected chi connectivity index (χ4v) is 1.75. The van der Waals surface area contributed by atoms with Crippen LogP contribution in [0.3, 0.4) is 0 Å². The van der Waals surface area contributed by atoms with Crippen molar-refractivity contribution >= 4 is 11.6 Å². The van der Waals surface area contributed by atoms with E-state index < -0.39 is 24.5 Å². The monoisotopic (exact) mass is 245 g/mol. The Bertz CT molecular complexity index is 427. The summed E-state index contributed by atoms with van der Waals surface area (Å²) >= 11 is 0. The van der Waals surface area contributed by atoms with Crippen molar-refractivity contribution in [2.24, 2.45) is 0 Å². The van der Waals surface area contributed by atoms with Gasteiger partial charge in [0.25, 0.3) is 0 Å². The summed E-state index contributed by atoms with van der Waals surface area (Å²) in [4.78, 5) is 12.0. The first-order valence-corrected chi connectivity index (χ1v) is 4.96. The van der Waals surface area contributed by atoms with Crippen molar-refractivity contribution in [3.05, 3.63) is 24.3 Å². The molecule has 6 heteroatoms. The van der Waals surface area contributed by atoms with Crippen LogP contribution in [0.25, 0.3) is 0 Å². The summed E-state index contributed by atoms with van der Waals surface area (Å²) in [6.07, 6.45) is -4.86. The van der Waals surface area contributed by atoms with Gasteiger partial charge in [0.05, 0.1) is 13.5 Å². The second-order valence-electron chi connectivity index (χ2n) is 3.72. The van der Waals surface area contributed by atoms with Crippen LogP contribution >= 0.6 is 0 Å². The summed E-state index contributed by atoms with van der Waals surface area (Å²) in [5, 5.41) is 0. The zero-order chi connectivity index (χ0) is 12.6. The van der Waals surface area contributed by atoms with Gasteiger partial charge in [-0.25, -0.2) is 0 Å². The molecule has 0 spiro atoms. The van der Waals surface area contributed by atoms with Crippen molar-refractivity contribution < 1.29 is 22.7 Å².